The zero-order valence-electron chi connectivity index (χ0n) is 14.2. The Kier molecular flexibility index (Phi) is 4.06. The number of carbonyl (C=O) groups excluding carboxylic acids is 1. The first kappa shape index (κ1) is 15.7. The van der Waals surface area contributed by atoms with Crippen molar-refractivity contribution < 1.29 is 9.53 Å². The van der Waals surface area contributed by atoms with Crippen LogP contribution in [0.2, 0.25) is 0 Å². The fourth-order valence-electron chi connectivity index (χ4n) is 4.15. The van der Waals surface area contributed by atoms with E-state index in [0.717, 1.165) is 38.1 Å². The molecule has 2 fully saturated rings. The van der Waals surface area contributed by atoms with E-state index in [-0.39, 0.29) is 11.3 Å². The standard InChI is InChI=1S/C19H25N3O2/c1-13-2-3-17-16(8-13)14(9-22-17)4-6-21-18(23)19-11-20-10-15(19)5-7-24-12-19/h2-3,8-9,15,20,22H,4-7,10-12H2,1H3,(H,21,23)/t15-,19+/m1/s1. The number of H-pyrrole nitrogens is 1. The van der Waals surface area contributed by atoms with Gasteiger partial charge in [0, 0.05) is 36.8 Å². The van der Waals surface area contributed by atoms with Gasteiger partial charge in [0.15, 0.2) is 0 Å². The number of aromatic amines is 1. The molecule has 4 rings (SSSR count). The number of ether oxygens (including phenoxy) is 1. The average molecular weight is 327 g/mol. The van der Waals surface area contributed by atoms with E-state index in [1.54, 1.807) is 0 Å². The van der Waals surface area contributed by atoms with Crippen LogP contribution in [0.25, 0.3) is 10.9 Å². The first-order valence-electron chi connectivity index (χ1n) is 8.82. The van der Waals surface area contributed by atoms with Gasteiger partial charge in [0.05, 0.1) is 12.0 Å². The molecular weight excluding hydrogens is 302 g/mol. The topological polar surface area (TPSA) is 66.2 Å². The molecule has 0 radical (unpaired) electrons. The van der Waals surface area contributed by atoms with Crippen molar-refractivity contribution >= 4 is 16.8 Å². The van der Waals surface area contributed by atoms with Gasteiger partial charge in [0.2, 0.25) is 5.91 Å². The quantitative estimate of drug-likeness (QED) is 0.802. The van der Waals surface area contributed by atoms with Gasteiger partial charge in [-0.1, -0.05) is 11.6 Å². The highest BCUT2D eigenvalue weighted by Crippen LogP contribution is 2.37. The second kappa shape index (κ2) is 6.22. The maximum absolute atomic E-state index is 12.8. The molecule has 2 aromatic rings. The van der Waals surface area contributed by atoms with Crippen LogP contribution >= 0.6 is 0 Å². The van der Waals surface area contributed by atoms with Crippen molar-refractivity contribution in [2.24, 2.45) is 11.3 Å². The minimum absolute atomic E-state index is 0.147. The molecule has 2 aliphatic heterocycles. The third kappa shape index (κ3) is 2.62. The molecular formula is C19H25N3O2. The monoisotopic (exact) mass is 327 g/mol. The zero-order chi connectivity index (χ0) is 16.6. The molecule has 0 spiro atoms. The van der Waals surface area contributed by atoms with Crippen molar-refractivity contribution in [1.29, 1.82) is 0 Å². The van der Waals surface area contributed by atoms with Gasteiger partial charge in [0.1, 0.15) is 0 Å². The Morgan fingerprint density at radius 2 is 2.38 bits per heavy atom. The van der Waals surface area contributed by atoms with Crippen LogP contribution in [0, 0.1) is 18.3 Å². The molecule has 0 aliphatic carbocycles. The Morgan fingerprint density at radius 3 is 3.29 bits per heavy atom. The number of nitrogens with one attached hydrogen (secondary N) is 3. The lowest BCUT2D eigenvalue weighted by Gasteiger charge is -2.36. The minimum atomic E-state index is -0.366. The molecule has 128 valence electrons. The number of carbonyl (C=O) groups is 1. The lowest BCUT2D eigenvalue weighted by atomic mass is 9.75. The van der Waals surface area contributed by atoms with Crippen LogP contribution < -0.4 is 10.6 Å². The van der Waals surface area contributed by atoms with Crippen molar-refractivity contribution in [3.8, 4) is 0 Å². The van der Waals surface area contributed by atoms with E-state index in [1.165, 1.54) is 16.5 Å². The van der Waals surface area contributed by atoms with E-state index in [2.05, 4.69) is 46.9 Å². The highest BCUT2D eigenvalue weighted by Gasteiger charge is 2.50. The number of hydrogen-bond donors (Lipinski definition) is 3. The summed E-state index contributed by atoms with van der Waals surface area (Å²) in [5.41, 5.74) is 3.30. The van der Waals surface area contributed by atoms with Crippen LogP contribution in [-0.2, 0) is 16.0 Å². The Bertz CT molecular complexity index is 754. The van der Waals surface area contributed by atoms with Gasteiger partial charge in [-0.05, 0) is 49.9 Å². The SMILES string of the molecule is Cc1ccc2[nH]cc(CCNC(=O)[C@]34CNC[C@H]3CCOC4)c2c1. The van der Waals surface area contributed by atoms with Crippen LogP contribution in [0.4, 0.5) is 0 Å². The number of benzene rings is 1. The summed E-state index contributed by atoms with van der Waals surface area (Å²) < 4.78 is 5.63. The van der Waals surface area contributed by atoms with E-state index in [0.29, 0.717) is 19.1 Å². The summed E-state index contributed by atoms with van der Waals surface area (Å²) in [4.78, 5) is 16.1. The van der Waals surface area contributed by atoms with Crippen molar-refractivity contribution in [2.75, 3.05) is 32.8 Å². The normalized spacial score (nSPS) is 26.5. The zero-order valence-corrected chi connectivity index (χ0v) is 14.2. The van der Waals surface area contributed by atoms with Crippen LogP contribution in [0.15, 0.2) is 24.4 Å². The van der Waals surface area contributed by atoms with E-state index >= 15 is 0 Å². The van der Waals surface area contributed by atoms with E-state index < -0.39 is 0 Å². The van der Waals surface area contributed by atoms with E-state index in [1.807, 2.05) is 0 Å². The van der Waals surface area contributed by atoms with Crippen molar-refractivity contribution in [2.45, 2.75) is 19.8 Å². The molecule has 2 saturated heterocycles. The van der Waals surface area contributed by atoms with Crippen LogP contribution in [0.1, 0.15) is 17.5 Å². The Hall–Kier alpha value is -1.85. The van der Waals surface area contributed by atoms with Crippen LogP contribution in [0.3, 0.4) is 0 Å². The molecule has 5 heteroatoms. The van der Waals surface area contributed by atoms with Crippen LogP contribution in [0.5, 0.6) is 0 Å². The predicted molar refractivity (Wildman–Crippen MR) is 94.0 cm³/mol. The number of hydrogen-bond acceptors (Lipinski definition) is 3. The molecule has 0 unspecified atom stereocenters. The third-order valence-corrected chi connectivity index (χ3v) is 5.64. The van der Waals surface area contributed by atoms with Gasteiger partial charge in [0.25, 0.3) is 0 Å². The summed E-state index contributed by atoms with van der Waals surface area (Å²) in [7, 11) is 0. The predicted octanol–water partition coefficient (Wildman–Crippen LogP) is 1.76. The average Bonchev–Trinajstić information content (AvgIpc) is 3.19. The third-order valence-electron chi connectivity index (χ3n) is 5.64. The second-order valence-electron chi connectivity index (χ2n) is 7.19. The van der Waals surface area contributed by atoms with Gasteiger partial charge in [-0.15, -0.1) is 0 Å². The minimum Gasteiger partial charge on any atom is -0.380 e. The first-order chi connectivity index (χ1) is 11.7. The van der Waals surface area contributed by atoms with Gasteiger partial charge in [-0.3, -0.25) is 4.79 Å². The van der Waals surface area contributed by atoms with Crippen molar-refractivity contribution in [1.82, 2.24) is 15.6 Å². The summed E-state index contributed by atoms with van der Waals surface area (Å²) in [6, 6.07) is 6.42. The smallest absolute Gasteiger partial charge is 0.230 e. The summed E-state index contributed by atoms with van der Waals surface area (Å²) in [5, 5.41) is 7.79. The molecule has 3 N–H and O–H groups in total. The molecule has 0 bridgehead atoms. The molecule has 1 aromatic carbocycles. The van der Waals surface area contributed by atoms with E-state index in [9.17, 15) is 4.79 Å². The molecule has 3 heterocycles. The van der Waals surface area contributed by atoms with Crippen molar-refractivity contribution in [3.63, 3.8) is 0 Å². The maximum Gasteiger partial charge on any atom is 0.230 e. The fraction of sp³-hybridized carbons (Fsp3) is 0.526. The van der Waals surface area contributed by atoms with Gasteiger partial charge >= 0.3 is 0 Å². The lowest BCUT2D eigenvalue weighted by molar-refractivity contribution is -0.141. The molecule has 5 nitrogen and oxygen atoms in total. The lowest BCUT2D eigenvalue weighted by Crippen LogP contribution is -2.52. The van der Waals surface area contributed by atoms with Crippen LogP contribution in [-0.4, -0.2) is 43.7 Å². The largest absolute Gasteiger partial charge is 0.380 e. The molecule has 1 aromatic heterocycles. The summed E-state index contributed by atoms with van der Waals surface area (Å²) in [5.74, 6) is 0.551. The van der Waals surface area contributed by atoms with Gasteiger partial charge < -0.3 is 20.4 Å². The fourth-order valence-corrected chi connectivity index (χ4v) is 4.15. The number of aryl methyl sites for hydroxylation is 1. The molecule has 2 aliphatic rings. The first-order valence-corrected chi connectivity index (χ1v) is 8.82. The number of amides is 1. The highest BCUT2D eigenvalue weighted by atomic mass is 16.5. The number of aromatic nitrogens is 1. The Labute approximate surface area is 142 Å². The van der Waals surface area contributed by atoms with Gasteiger partial charge in [-0.2, -0.15) is 0 Å². The Balaban J connectivity index is 1.41. The number of fused-ring (bicyclic) bond motifs is 2. The highest BCUT2D eigenvalue weighted by molar-refractivity contribution is 5.85. The molecule has 24 heavy (non-hydrogen) atoms. The molecule has 2 atom stereocenters. The summed E-state index contributed by atoms with van der Waals surface area (Å²) in [6.07, 6.45) is 3.87. The van der Waals surface area contributed by atoms with Gasteiger partial charge in [-0.25, -0.2) is 0 Å². The number of rotatable bonds is 4. The summed E-state index contributed by atoms with van der Waals surface area (Å²) >= 11 is 0. The maximum atomic E-state index is 12.8. The van der Waals surface area contributed by atoms with E-state index in [4.69, 9.17) is 4.74 Å². The second-order valence-corrected chi connectivity index (χ2v) is 7.19. The van der Waals surface area contributed by atoms with Crippen molar-refractivity contribution in [3.05, 3.63) is 35.5 Å². The Morgan fingerprint density at radius 1 is 1.46 bits per heavy atom. The molecule has 1 amide bonds. The molecule has 0 saturated carbocycles. The summed E-state index contributed by atoms with van der Waals surface area (Å²) in [6.45, 7) is 5.74.